The lowest BCUT2D eigenvalue weighted by molar-refractivity contribution is -0.125. The standard InChI is InChI=1S/C24H25FN4O2S/c1-2-3-13-26-21(30)12-11-20-23(31)29-22(27-20)18-9-4-5-10-19(18)28-24(29)32-15-16-7-6-8-17(25)14-16/h4-10,14,20H,2-3,11-13,15H2,1H3,(H,26,30)/t20-/m1/s1. The zero-order valence-electron chi connectivity index (χ0n) is 17.9. The first-order valence-corrected chi connectivity index (χ1v) is 11.8. The van der Waals surface area contributed by atoms with Gasteiger partial charge in [-0.1, -0.05) is 49.4 Å². The summed E-state index contributed by atoms with van der Waals surface area (Å²) in [4.78, 5) is 36.2. The third-order valence-electron chi connectivity index (χ3n) is 5.30. The first kappa shape index (κ1) is 22.2. The number of carbonyl (C=O) groups excluding carboxylic acids is 2. The number of amides is 2. The van der Waals surface area contributed by atoms with Gasteiger partial charge in [-0.25, -0.2) is 14.3 Å². The van der Waals surface area contributed by atoms with E-state index in [1.165, 1.54) is 23.9 Å². The number of unbranched alkanes of at least 4 members (excludes halogenated alkanes) is 1. The molecule has 0 spiro atoms. The number of para-hydroxylation sites is 1. The molecule has 0 bridgehead atoms. The van der Waals surface area contributed by atoms with Crippen molar-refractivity contribution in [1.82, 2.24) is 10.2 Å². The van der Waals surface area contributed by atoms with Gasteiger partial charge < -0.3 is 5.32 Å². The first-order valence-electron chi connectivity index (χ1n) is 10.8. The highest BCUT2D eigenvalue weighted by Crippen LogP contribution is 2.35. The SMILES string of the molecule is CCCCNC(=O)CC[C@H]1N=C2c3ccccc3N=C(SCc3cccc(F)c3)N2C1=O. The van der Waals surface area contributed by atoms with Gasteiger partial charge in [-0.2, -0.15) is 0 Å². The molecule has 2 heterocycles. The Bertz CT molecular complexity index is 1090. The molecule has 0 saturated carbocycles. The molecule has 2 aliphatic rings. The number of nitrogens with zero attached hydrogens (tertiary/aromatic N) is 3. The minimum atomic E-state index is -0.618. The smallest absolute Gasteiger partial charge is 0.259 e. The van der Waals surface area contributed by atoms with Crippen LogP contribution in [0.25, 0.3) is 0 Å². The van der Waals surface area contributed by atoms with Crippen molar-refractivity contribution in [3.63, 3.8) is 0 Å². The lowest BCUT2D eigenvalue weighted by atomic mass is 10.1. The van der Waals surface area contributed by atoms with E-state index in [9.17, 15) is 14.0 Å². The molecule has 2 amide bonds. The van der Waals surface area contributed by atoms with Gasteiger partial charge in [0.25, 0.3) is 5.91 Å². The topological polar surface area (TPSA) is 74.1 Å². The highest BCUT2D eigenvalue weighted by molar-refractivity contribution is 8.13. The fourth-order valence-corrected chi connectivity index (χ4v) is 4.57. The molecule has 1 N–H and O–H groups in total. The van der Waals surface area contributed by atoms with Crippen LogP contribution < -0.4 is 5.32 Å². The van der Waals surface area contributed by atoms with Crippen LogP contribution in [-0.2, 0) is 15.3 Å². The van der Waals surface area contributed by atoms with Crippen LogP contribution in [0.5, 0.6) is 0 Å². The summed E-state index contributed by atoms with van der Waals surface area (Å²) in [5.74, 6) is 0.502. The molecule has 0 aromatic heterocycles. The summed E-state index contributed by atoms with van der Waals surface area (Å²) >= 11 is 1.37. The molecule has 1 atom stereocenters. The summed E-state index contributed by atoms with van der Waals surface area (Å²) in [5.41, 5.74) is 2.35. The number of halogens is 1. The second-order valence-electron chi connectivity index (χ2n) is 7.71. The van der Waals surface area contributed by atoms with Crippen molar-refractivity contribution in [2.24, 2.45) is 9.98 Å². The summed E-state index contributed by atoms with van der Waals surface area (Å²) in [6, 6.07) is 13.3. The van der Waals surface area contributed by atoms with Gasteiger partial charge in [-0.3, -0.25) is 14.6 Å². The average molecular weight is 453 g/mol. The Balaban J connectivity index is 1.51. The van der Waals surface area contributed by atoms with Crippen molar-refractivity contribution in [1.29, 1.82) is 0 Å². The summed E-state index contributed by atoms with van der Waals surface area (Å²) in [5, 5.41) is 3.40. The third kappa shape index (κ3) is 4.91. The summed E-state index contributed by atoms with van der Waals surface area (Å²) in [6.07, 6.45) is 2.54. The fraction of sp³-hybridized carbons (Fsp3) is 0.333. The van der Waals surface area contributed by atoms with Gasteiger partial charge in [0.2, 0.25) is 5.91 Å². The van der Waals surface area contributed by atoms with Crippen LogP contribution in [0.3, 0.4) is 0 Å². The predicted octanol–water partition coefficient (Wildman–Crippen LogP) is 4.41. The van der Waals surface area contributed by atoms with Gasteiger partial charge in [0.15, 0.2) is 5.17 Å². The number of amidine groups is 2. The summed E-state index contributed by atoms with van der Waals surface area (Å²) in [6.45, 7) is 2.72. The van der Waals surface area contributed by atoms with Crippen molar-refractivity contribution >= 4 is 40.3 Å². The minimum Gasteiger partial charge on any atom is -0.356 e. The molecule has 0 unspecified atom stereocenters. The largest absolute Gasteiger partial charge is 0.356 e. The lowest BCUT2D eigenvalue weighted by Crippen LogP contribution is -2.41. The number of fused-ring (bicyclic) bond motifs is 3. The van der Waals surface area contributed by atoms with Gasteiger partial charge in [-0.15, -0.1) is 0 Å². The molecule has 8 heteroatoms. The maximum absolute atomic E-state index is 13.6. The summed E-state index contributed by atoms with van der Waals surface area (Å²) in [7, 11) is 0. The maximum atomic E-state index is 13.6. The molecule has 0 radical (unpaired) electrons. The van der Waals surface area contributed by atoms with Crippen molar-refractivity contribution in [2.45, 2.75) is 44.4 Å². The normalized spacial score (nSPS) is 16.9. The third-order valence-corrected chi connectivity index (χ3v) is 6.31. The van der Waals surface area contributed by atoms with Crippen LogP contribution in [0.1, 0.15) is 43.7 Å². The molecule has 2 aromatic carbocycles. The van der Waals surface area contributed by atoms with Gasteiger partial charge in [0, 0.05) is 24.3 Å². The van der Waals surface area contributed by atoms with E-state index in [1.54, 1.807) is 11.0 Å². The molecular weight excluding hydrogens is 427 g/mol. The number of hydrogen-bond acceptors (Lipinski definition) is 5. The molecule has 166 valence electrons. The van der Waals surface area contributed by atoms with E-state index in [-0.39, 0.29) is 24.1 Å². The number of thioether (sulfide) groups is 1. The average Bonchev–Trinajstić information content (AvgIpc) is 3.13. The molecular formula is C24H25FN4O2S. The fourth-order valence-electron chi connectivity index (χ4n) is 3.62. The van der Waals surface area contributed by atoms with E-state index in [0.717, 1.165) is 29.7 Å². The minimum absolute atomic E-state index is 0.0638. The zero-order chi connectivity index (χ0) is 22.5. The molecule has 2 aromatic rings. The van der Waals surface area contributed by atoms with Gasteiger partial charge in [0.1, 0.15) is 17.7 Å². The Hall–Kier alpha value is -3.00. The predicted molar refractivity (Wildman–Crippen MR) is 126 cm³/mol. The van der Waals surface area contributed by atoms with Crippen molar-refractivity contribution < 1.29 is 14.0 Å². The second kappa shape index (κ2) is 10.1. The van der Waals surface area contributed by atoms with Crippen LogP contribution in [0.2, 0.25) is 0 Å². The van der Waals surface area contributed by atoms with E-state index in [0.29, 0.717) is 29.7 Å². The van der Waals surface area contributed by atoms with Crippen LogP contribution in [0, 0.1) is 5.82 Å². The quantitative estimate of drug-likeness (QED) is 0.603. The molecule has 6 nitrogen and oxygen atoms in total. The maximum Gasteiger partial charge on any atom is 0.259 e. The van der Waals surface area contributed by atoms with E-state index >= 15 is 0 Å². The molecule has 4 rings (SSSR count). The van der Waals surface area contributed by atoms with Crippen molar-refractivity contribution in [3.05, 3.63) is 65.5 Å². The second-order valence-corrected chi connectivity index (χ2v) is 8.66. The van der Waals surface area contributed by atoms with Crippen LogP contribution in [0.4, 0.5) is 10.1 Å². The van der Waals surface area contributed by atoms with Crippen molar-refractivity contribution in [2.75, 3.05) is 6.54 Å². The Labute approximate surface area is 191 Å². The first-order chi connectivity index (χ1) is 15.6. The lowest BCUT2D eigenvalue weighted by Gasteiger charge is -2.25. The van der Waals surface area contributed by atoms with Gasteiger partial charge >= 0.3 is 0 Å². The molecule has 0 fully saturated rings. The highest BCUT2D eigenvalue weighted by atomic mass is 32.2. The van der Waals surface area contributed by atoms with E-state index in [4.69, 9.17) is 0 Å². The van der Waals surface area contributed by atoms with Crippen LogP contribution >= 0.6 is 11.8 Å². The van der Waals surface area contributed by atoms with Crippen LogP contribution in [-0.4, -0.2) is 40.3 Å². The number of hydrogen-bond donors (Lipinski definition) is 1. The Kier molecular flexibility index (Phi) is 6.99. The number of carbonyl (C=O) groups is 2. The van der Waals surface area contributed by atoms with Gasteiger partial charge in [0.05, 0.1) is 5.69 Å². The highest BCUT2D eigenvalue weighted by Gasteiger charge is 2.41. The van der Waals surface area contributed by atoms with E-state index in [1.807, 2.05) is 30.3 Å². The molecule has 0 saturated heterocycles. The zero-order valence-corrected chi connectivity index (χ0v) is 18.7. The Morgan fingerprint density at radius 2 is 2.06 bits per heavy atom. The molecule has 0 aliphatic carbocycles. The van der Waals surface area contributed by atoms with Gasteiger partial charge in [-0.05, 0) is 42.7 Å². The van der Waals surface area contributed by atoms with Crippen LogP contribution in [0.15, 0.2) is 58.5 Å². The number of aliphatic imine (C=N–C) groups is 2. The Morgan fingerprint density at radius 1 is 1.22 bits per heavy atom. The number of rotatable bonds is 8. The van der Waals surface area contributed by atoms with E-state index < -0.39 is 6.04 Å². The number of nitrogens with one attached hydrogen (secondary N) is 1. The van der Waals surface area contributed by atoms with E-state index in [2.05, 4.69) is 22.2 Å². The Morgan fingerprint density at radius 3 is 2.88 bits per heavy atom. The molecule has 2 aliphatic heterocycles. The van der Waals surface area contributed by atoms with Crippen molar-refractivity contribution in [3.8, 4) is 0 Å². The molecule has 32 heavy (non-hydrogen) atoms. The monoisotopic (exact) mass is 452 g/mol. The summed E-state index contributed by atoms with van der Waals surface area (Å²) < 4.78 is 13.6. The number of benzene rings is 2.